The number of methoxy groups -OCH3 is 1. The zero-order chi connectivity index (χ0) is 13.3. The van der Waals surface area contributed by atoms with Gasteiger partial charge in [-0.2, -0.15) is 0 Å². The van der Waals surface area contributed by atoms with Gasteiger partial charge < -0.3 is 15.0 Å². The highest BCUT2D eigenvalue weighted by Crippen LogP contribution is 2.29. The molecule has 6 heteroatoms. The molecule has 5 nitrogen and oxygen atoms in total. The second-order valence-corrected chi connectivity index (χ2v) is 4.11. The predicted octanol–water partition coefficient (Wildman–Crippen LogP) is 2.15. The molecule has 1 aromatic carbocycles. The zero-order valence-electron chi connectivity index (χ0n) is 9.83. The van der Waals surface area contributed by atoms with Crippen molar-refractivity contribution in [2.45, 2.75) is 6.92 Å². The Hall–Kier alpha value is -2.01. The number of aromatic amines is 1. The van der Waals surface area contributed by atoms with Crippen molar-refractivity contribution < 1.29 is 9.53 Å². The first-order valence-corrected chi connectivity index (χ1v) is 5.58. The molecule has 0 saturated heterocycles. The highest BCUT2D eigenvalue weighted by molar-refractivity contribution is 6.38. The number of halogens is 1. The second-order valence-electron chi connectivity index (χ2n) is 3.74. The van der Waals surface area contributed by atoms with Crippen LogP contribution < -0.4 is 15.6 Å². The number of benzene rings is 1. The average Bonchev–Trinajstić information content (AvgIpc) is 2.34. The number of ether oxygens (including phenoxy) is 1. The quantitative estimate of drug-likeness (QED) is 0.875. The summed E-state index contributed by atoms with van der Waals surface area (Å²) in [6, 6.07) is 5.10. The molecule has 2 rings (SSSR count). The van der Waals surface area contributed by atoms with Crippen LogP contribution >= 0.6 is 11.6 Å². The Balaban J connectivity index is 2.73. The van der Waals surface area contributed by atoms with Crippen LogP contribution in [0.5, 0.6) is 5.75 Å². The van der Waals surface area contributed by atoms with Gasteiger partial charge in [0, 0.05) is 12.3 Å². The van der Waals surface area contributed by atoms with Crippen LogP contribution in [0.2, 0.25) is 5.02 Å². The summed E-state index contributed by atoms with van der Waals surface area (Å²) in [5.41, 5.74) is 0.192. The smallest absolute Gasteiger partial charge is 0.273 e. The number of fused-ring (bicyclic) bond motifs is 1. The van der Waals surface area contributed by atoms with Gasteiger partial charge in [0.1, 0.15) is 11.4 Å². The number of nitrogens with one attached hydrogen (secondary N) is 2. The number of hydrogen-bond acceptors (Lipinski definition) is 3. The fraction of sp³-hybridized carbons (Fsp3) is 0.167. The van der Waals surface area contributed by atoms with Crippen LogP contribution in [0.4, 0.5) is 5.69 Å². The maximum atomic E-state index is 11.8. The topological polar surface area (TPSA) is 71.2 Å². The van der Waals surface area contributed by atoms with E-state index in [2.05, 4.69) is 10.3 Å². The predicted molar refractivity (Wildman–Crippen MR) is 70.4 cm³/mol. The van der Waals surface area contributed by atoms with E-state index in [1.54, 1.807) is 18.2 Å². The summed E-state index contributed by atoms with van der Waals surface area (Å²) in [6.45, 7) is 1.31. The number of hydrogen-bond donors (Lipinski definition) is 2. The Bertz CT molecular complexity index is 679. The Morgan fingerprint density at radius 3 is 2.78 bits per heavy atom. The van der Waals surface area contributed by atoms with Gasteiger partial charge in [0.2, 0.25) is 5.91 Å². The van der Waals surface area contributed by atoms with E-state index in [0.717, 1.165) is 0 Å². The molecule has 94 valence electrons. The molecule has 0 fully saturated rings. The second kappa shape index (κ2) is 4.70. The summed E-state index contributed by atoms with van der Waals surface area (Å²) in [5.74, 6) is 0.259. The van der Waals surface area contributed by atoms with Crippen molar-refractivity contribution in [2.75, 3.05) is 12.4 Å². The number of pyridine rings is 1. The van der Waals surface area contributed by atoms with Crippen molar-refractivity contribution in [3.63, 3.8) is 0 Å². The molecule has 0 aliphatic rings. The van der Waals surface area contributed by atoms with E-state index in [0.29, 0.717) is 16.7 Å². The lowest BCUT2D eigenvalue weighted by Gasteiger charge is -2.08. The van der Waals surface area contributed by atoms with E-state index in [1.807, 2.05) is 0 Å². The summed E-state index contributed by atoms with van der Waals surface area (Å²) < 4.78 is 5.09. The summed E-state index contributed by atoms with van der Waals surface area (Å²) in [4.78, 5) is 25.4. The van der Waals surface area contributed by atoms with E-state index in [1.165, 1.54) is 14.0 Å². The van der Waals surface area contributed by atoms with Crippen LogP contribution in [-0.2, 0) is 4.79 Å². The monoisotopic (exact) mass is 266 g/mol. The number of aromatic nitrogens is 1. The Morgan fingerprint density at radius 1 is 1.44 bits per heavy atom. The molecule has 0 aliphatic heterocycles. The largest absolute Gasteiger partial charge is 0.497 e. The molecule has 0 unspecified atom stereocenters. The molecule has 0 aliphatic carbocycles. The average molecular weight is 267 g/mol. The van der Waals surface area contributed by atoms with Crippen LogP contribution in [-0.4, -0.2) is 18.0 Å². The van der Waals surface area contributed by atoms with Gasteiger partial charge in [-0.1, -0.05) is 11.6 Å². The number of carbonyl (C=O) groups excluding carboxylic acids is 1. The lowest BCUT2D eigenvalue weighted by Crippen LogP contribution is -2.18. The minimum absolute atomic E-state index is 0.0462. The number of carbonyl (C=O) groups is 1. The Morgan fingerprint density at radius 2 is 2.17 bits per heavy atom. The van der Waals surface area contributed by atoms with Crippen molar-refractivity contribution in [1.29, 1.82) is 0 Å². The number of H-pyrrole nitrogens is 1. The molecule has 1 amide bonds. The van der Waals surface area contributed by atoms with Crippen molar-refractivity contribution in [3.8, 4) is 5.75 Å². The zero-order valence-corrected chi connectivity index (χ0v) is 10.6. The van der Waals surface area contributed by atoms with Gasteiger partial charge >= 0.3 is 0 Å². The van der Waals surface area contributed by atoms with E-state index in [-0.39, 0.29) is 16.6 Å². The Labute approximate surface area is 108 Å². The fourth-order valence-electron chi connectivity index (χ4n) is 1.65. The van der Waals surface area contributed by atoms with Crippen molar-refractivity contribution >= 4 is 34.1 Å². The molecule has 18 heavy (non-hydrogen) atoms. The molecular formula is C12H11ClN2O3. The maximum absolute atomic E-state index is 11.8. The van der Waals surface area contributed by atoms with E-state index < -0.39 is 5.56 Å². The summed E-state index contributed by atoms with van der Waals surface area (Å²) in [7, 11) is 1.54. The normalized spacial score (nSPS) is 10.4. The van der Waals surface area contributed by atoms with Gasteiger partial charge in [0.15, 0.2) is 0 Å². The third-order valence-electron chi connectivity index (χ3n) is 2.46. The van der Waals surface area contributed by atoms with Crippen molar-refractivity contribution in [1.82, 2.24) is 4.98 Å². The fourth-order valence-corrected chi connectivity index (χ4v) is 1.94. The van der Waals surface area contributed by atoms with E-state index >= 15 is 0 Å². The molecule has 0 spiro atoms. The summed E-state index contributed by atoms with van der Waals surface area (Å²) >= 11 is 6.13. The standard InChI is InChI=1S/C12H11ClN2O3/c1-6(16)14-11-10(13)8-5-7(18-2)3-4-9(8)15-12(11)17/h3-5H,1-2H3,(H,14,16)(H,15,17). The molecule has 0 saturated carbocycles. The molecule has 2 aromatic rings. The molecule has 1 aromatic heterocycles. The van der Waals surface area contributed by atoms with E-state index in [9.17, 15) is 9.59 Å². The van der Waals surface area contributed by atoms with Gasteiger partial charge in [-0.3, -0.25) is 9.59 Å². The summed E-state index contributed by atoms with van der Waals surface area (Å²) in [5, 5.41) is 3.22. The van der Waals surface area contributed by atoms with Crippen molar-refractivity contribution in [2.24, 2.45) is 0 Å². The summed E-state index contributed by atoms with van der Waals surface area (Å²) in [6.07, 6.45) is 0. The molecular weight excluding hydrogens is 256 g/mol. The highest BCUT2D eigenvalue weighted by atomic mass is 35.5. The first-order valence-electron chi connectivity index (χ1n) is 5.20. The lowest BCUT2D eigenvalue weighted by atomic mass is 10.2. The SMILES string of the molecule is COc1ccc2[nH]c(=O)c(NC(C)=O)c(Cl)c2c1. The minimum atomic E-state index is -0.437. The first-order chi connectivity index (χ1) is 8.52. The van der Waals surface area contributed by atoms with Crippen molar-refractivity contribution in [3.05, 3.63) is 33.6 Å². The third kappa shape index (κ3) is 2.17. The van der Waals surface area contributed by atoms with Crippen LogP contribution in [0.3, 0.4) is 0 Å². The van der Waals surface area contributed by atoms with Gasteiger partial charge in [0.25, 0.3) is 5.56 Å². The highest BCUT2D eigenvalue weighted by Gasteiger charge is 2.12. The van der Waals surface area contributed by atoms with Gasteiger partial charge in [-0.15, -0.1) is 0 Å². The number of rotatable bonds is 2. The lowest BCUT2D eigenvalue weighted by molar-refractivity contribution is -0.114. The van der Waals surface area contributed by atoms with E-state index in [4.69, 9.17) is 16.3 Å². The first kappa shape index (κ1) is 12.4. The molecule has 2 N–H and O–H groups in total. The molecule has 1 heterocycles. The number of anilines is 1. The number of amides is 1. The van der Waals surface area contributed by atoms with Gasteiger partial charge in [0.05, 0.1) is 17.6 Å². The molecule has 0 atom stereocenters. The molecule has 0 radical (unpaired) electrons. The Kier molecular flexibility index (Phi) is 3.25. The minimum Gasteiger partial charge on any atom is -0.497 e. The van der Waals surface area contributed by atoms with Crippen LogP contribution in [0.1, 0.15) is 6.92 Å². The van der Waals surface area contributed by atoms with Gasteiger partial charge in [-0.05, 0) is 18.2 Å². The molecule has 0 bridgehead atoms. The van der Waals surface area contributed by atoms with Crippen LogP contribution in [0, 0.1) is 0 Å². The van der Waals surface area contributed by atoms with Crippen LogP contribution in [0.25, 0.3) is 10.9 Å². The third-order valence-corrected chi connectivity index (χ3v) is 2.85. The van der Waals surface area contributed by atoms with Crippen LogP contribution in [0.15, 0.2) is 23.0 Å². The maximum Gasteiger partial charge on any atom is 0.273 e. The van der Waals surface area contributed by atoms with Gasteiger partial charge in [-0.25, -0.2) is 0 Å².